The maximum absolute atomic E-state index is 13.0. The topological polar surface area (TPSA) is 23.5 Å². The summed E-state index contributed by atoms with van der Waals surface area (Å²) in [6, 6.07) is 4.77. The van der Waals surface area contributed by atoms with Crippen molar-refractivity contribution in [3.8, 4) is 0 Å². The first-order chi connectivity index (χ1) is 8.02. The van der Waals surface area contributed by atoms with E-state index < -0.39 is 5.60 Å². The van der Waals surface area contributed by atoms with Gasteiger partial charge in [0.2, 0.25) is 0 Å². The highest BCUT2D eigenvalue weighted by Crippen LogP contribution is 2.27. The molecule has 0 saturated carbocycles. The predicted octanol–water partition coefficient (Wildman–Crippen LogP) is 2.83. The van der Waals surface area contributed by atoms with Gasteiger partial charge in [0.05, 0.1) is 10.6 Å². The molecule has 17 heavy (non-hydrogen) atoms. The second kappa shape index (κ2) is 4.92. The molecule has 4 heteroatoms. The van der Waals surface area contributed by atoms with E-state index in [9.17, 15) is 9.50 Å². The second-order valence-electron chi connectivity index (χ2n) is 4.87. The molecule has 1 aromatic carbocycles. The second-order valence-corrected chi connectivity index (χ2v) is 5.28. The fourth-order valence-electron chi connectivity index (χ4n) is 2.42. The Balaban J connectivity index is 1.89. The number of β-amino-alcohol motifs (C(OH)–C–C–N with tert-alkyl or cyclic N) is 1. The third kappa shape index (κ3) is 2.97. The van der Waals surface area contributed by atoms with Gasteiger partial charge in [-0.05, 0) is 24.1 Å². The standard InChI is InChI=1S/C13H17ClFNO/c1-2-5-13(17)8-16(9-13)7-10-3-4-12(15)11(14)6-10/h3-4,6,17H,2,5,7-9H2,1H3. The van der Waals surface area contributed by atoms with Crippen molar-refractivity contribution in [3.05, 3.63) is 34.6 Å². The van der Waals surface area contributed by atoms with Crippen LogP contribution in [0.1, 0.15) is 25.3 Å². The average Bonchev–Trinajstić information content (AvgIpc) is 2.22. The smallest absolute Gasteiger partial charge is 0.141 e. The lowest BCUT2D eigenvalue weighted by Gasteiger charge is -2.46. The van der Waals surface area contributed by atoms with Gasteiger partial charge in [0.1, 0.15) is 5.82 Å². The van der Waals surface area contributed by atoms with Gasteiger partial charge >= 0.3 is 0 Å². The number of likely N-dealkylation sites (tertiary alicyclic amines) is 1. The van der Waals surface area contributed by atoms with E-state index in [1.54, 1.807) is 12.1 Å². The Morgan fingerprint density at radius 2 is 2.18 bits per heavy atom. The van der Waals surface area contributed by atoms with Gasteiger partial charge in [0, 0.05) is 19.6 Å². The summed E-state index contributed by atoms with van der Waals surface area (Å²) in [5, 5.41) is 10.2. The summed E-state index contributed by atoms with van der Waals surface area (Å²) >= 11 is 5.72. The summed E-state index contributed by atoms with van der Waals surface area (Å²) in [5.74, 6) is -0.387. The van der Waals surface area contributed by atoms with Crippen LogP contribution in [0.5, 0.6) is 0 Å². The lowest BCUT2D eigenvalue weighted by atomic mass is 9.89. The fourth-order valence-corrected chi connectivity index (χ4v) is 2.62. The van der Waals surface area contributed by atoms with Crippen molar-refractivity contribution in [1.82, 2.24) is 4.90 Å². The average molecular weight is 258 g/mol. The van der Waals surface area contributed by atoms with Crippen LogP contribution in [0.2, 0.25) is 5.02 Å². The van der Waals surface area contributed by atoms with Crippen molar-refractivity contribution >= 4 is 11.6 Å². The fraction of sp³-hybridized carbons (Fsp3) is 0.538. The summed E-state index contributed by atoms with van der Waals surface area (Å²) < 4.78 is 13.0. The van der Waals surface area contributed by atoms with Crippen LogP contribution in [-0.2, 0) is 6.54 Å². The number of hydrogen-bond acceptors (Lipinski definition) is 2. The summed E-state index contributed by atoms with van der Waals surface area (Å²) in [6.45, 7) is 4.16. The van der Waals surface area contributed by atoms with Crippen molar-refractivity contribution in [3.63, 3.8) is 0 Å². The van der Waals surface area contributed by atoms with Crippen LogP contribution in [0.15, 0.2) is 18.2 Å². The van der Waals surface area contributed by atoms with E-state index in [2.05, 4.69) is 11.8 Å². The molecule has 0 aromatic heterocycles. The van der Waals surface area contributed by atoms with Gasteiger partial charge in [-0.2, -0.15) is 0 Å². The van der Waals surface area contributed by atoms with Crippen molar-refractivity contribution in [1.29, 1.82) is 0 Å². The highest BCUT2D eigenvalue weighted by molar-refractivity contribution is 6.30. The monoisotopic (exact) mass is 257 g/mol. The van der Waals surface area contributed by atoms with Gasteiger partial charge in [0.15, 0.2) is 0 Å². The lowest BCUT2D eigenvalue weighted by Crippen LogP contribution is -2.60. The molecular weight excluding hydrogens is 241 g/mol. The molecule has 2 rings (SSSR count). The van der Waals surface area contributed by atoms with Crippen LogP contribution in [0, 0.1) is 5.82 Å². The first kappa shape index (κ1) is 12.8. The van der Waals surface area contributed by atoms with Crippen LogP contribution in [0.3, 0.4) is 0 Å². The zero-order valence-corrected chi connectivity index (χ0v) is 10.7. The van der Waals surface area contributed by atoms with Gasteiger partial charge in [-0.25, -0.2) is 4.39 Å². The van der Waals surface area contributed by atoms with E-state index in [1.807, 2.05) is 0 Å². The zero-order chi connectivity index (χ0) is 12.5. The first-order valence-corrected chi connectivity index (χ1v) is 6.29. The van der Waals surface area contributed by atoms with Gasteiger partial charge in [-0.15, -0.1) is 0 Å². The molecule has 0 spiro atoms. The molecule has 1 saturated heterocycles. The molecule has 1 N–H and O–H groups in total. The molecule has 0 atom stereocenters. The number of aliphatic hydroxyl groups is 1. The first-order valence-electron chi connectivity index (χ1n) is 5.91. The Morgan fingerprint density at radius 1 is 1.47 bits per heavy atom. The summed E-state index contributed by atoms with van der Waals surface area (Å²) in [6.07, 6.45) is 1.83. The Kier molecular flexibility index (Phi) is 3.71. The molecule has 0 bridgehead atoms. The van der Waals surface area contributed by atoms with Gasteiger partial charge in [-0.1, -0.05) is 31.0 Å². The van der Waals surface area contributed by atoms with Crippen LogP contribution in [0.4, 0.5) is 4.39 Å². The van der Waals surface area contributed by atoms with Crippen LogP contribution in [0.25, 0.3) is 0 Å². The Labute approximate surface area is 106 Å². The molecule has 94 valence electrons. The quantitative estimate of drug-likeness (QED) is 0.897. The minimum Gasteiger partial charge on any atom is -0.387 e. The van der Waals surface area contributed by atoms with E-state index in [0.717, 1.165) is 18.4 Å². The molecule has 0 radical (unpaired) electrons. The number of halogens is 2. The highest BCUT2D eigenvalue weighted by Gasteiger charge is 2.39. The van der Waals surface area contributed by atoms with E-state index in [-0.39, 0.29) is 10.8 Å². The number of hydrogen-bond donors (Lipinski definition) is 1. The van der Waals surface area contributed by atoms with Crippen LogP contribution >= 0.6 is 11.6 Å². The molecule has 2 nitrogen and oxygen atoms in total. The largest absolute Gasteiger partial charge is 0.387 e. The number of benzene rings is 1. The number of nitrogens with zero attached hydrogens (tertiary/aromatic N) is 1. The molecule has 1 aliphatic rings. The normalized spacial score (nSPS) is 19.1. The highest BCUT2D eigenvalue weighted by atomic mass is 35.5. The van der Waals surface area contributed by atoms with Gasteiger partial charge in [0.25, 0.3) is 0 Å². The SMILES string of the molecule is CCCC1(O)CN(Cc2ccc(F)c(Cl)c2)C1. The third-order valence-corrected chi connectivity index (χ3v) is 3.43. The zero-order valence-electron chi connectivity index (χ0n) is 9.92. The molecule has 0 unspecified atom stereocenters. The summed E-state index contributed by atoms with van der Waals surface area (Å²) in [5.41, 5.74) is 0.466. The Bertz CT molecular complexity index is 404. The van der Waals surface area contributed by atoms with E-state index in [0.29, 0.717) is 19.6 Å². The maximum Gasteiger partial charge on any atom is 0.141 e. The van der Waals surface area contributed by atoms with Crippen molar-refractivity contribution in [2.75, 3.05) is 13.1 Å². The van der Waals surface area contributed by atoms with Crippen LogP contribution < -0.4 is 0 Å². The molecule has 1 heterocycles. The number of rotatable bonds is 4. The maximum atomic E-state index is 13.0. The molecule has 1 aliphatic heterocycles. The van der Waals surface area contributed by atoms with E-state index in [1.165, 1.54) is 6.07 Å². The van der Waals surface area contributed by atoms with E-state index >= 15 is 0 Å². The molecule has 0 aliphatic carbocycles. The van der Waals surface area contributed by atoms with E-state index in [4.69, 9.17) is 11.6 Å². The molecule has 1 fully saturated rings. The molecular formula is C13H17ClFNO. The van der Waals surface area contributed by atoms with Crippen molar-refractivity contribution in [2.24, 2.45) is 0 Å². The third-order valence-electron chi connectivity index (χ3n) is 3.14. The Morgan fingerprint density at radius 3 is 2.76 bits per heavy atom. The lowest BCUT2D eigenvalue weighted by molar-refractivity contribution is -0.106. The Hall–Kier alpha value is -0.640. The molecule has 0 amide bonds. The minimum atomic E-state index is -0.515. The van der Waals surface area contributed by atoms with Crippen LogP contribution in [-0.4, -0.2) is 28.7 Å². The van der Waals surface area contributed by atoms with Gasteiger partial charge < -0.3 is 5.11 Å². The minimum absolute atomic E-state index is 0.159. The van der Waals surface area contributed by atoms with Crippen molar-refractivity contribution < 1.29 is 9.50 Å². The predicted molar refractivity (Wildman–Crippen MR) is 66.5 cm³/mol. The summed E-state index contributed by atoms with van der Waals surface area (Å²) in [7, 11) is 0. The summed E-state index contributed by atoms with van der Waals surface area (Å²) in [4.78, 5) is 2.14. The van der Waals surface area contributed by atoms with Crippen molar-refractivity contribution in [2.45, 2.75) is 31.9 Å². The van der Waals surface area contributed by atoms with Gasteiger partial charge in [-0.3, -0.25) is 4.90 Å². The molecule has 1 aromatic rings.